The van der Waals surface area contributed by atoms with Gasteiger partial charge in [0.2, 0.25) is 0 Å². The van der Waals surface area contributed by atoms with Crippen LogP contribution in [0.3, 0.4) is 0 Å². The molecule has 1 aromatic heterocycles. The number of nitrogens with one attached hydrogen (secondary N) is 1. The molecule has 1 aromatic carbocycles. The molecular formula is C13H15FN4OS. The first-order valence-electron chi connectivity index (χ1n) is 6.01. The van der Waals surface area contributed by atoms with Gasteiger partial charge in [0.05, 0.1) is 6.04 Å². The maximum absolute atomic E-state index is 13.2. The first kappa shape index (κ1) is 14.4. The average Bonchev–Trinajstić information content (AvgIpc) is 2.99. The normalized spacial score (nSPS) is 13.4. The highest BCUT2D eigenvalue weighted by atomic mass is 32.1. The van der Waals surface area contributed by atoms with Crippen LogP contribution in [0, 0.1) is 5.82 Å². The van der Waals surface area contributed by atoms with E-state index in [1.807, 2.05) is 12.3 Å². The molecule has 2 rings (SSSR count). The van der Waals surface area contributed by atoms with E-state index in [0.717, 1.165) is 10.6 Å². The Labute approximate surface area is 120 Å². The summed E-state index contributed by atoms with van der Waals surface area (Å²) in [6.07, 6.45) is 1.75. The minimum absolute atomic E-state index is 0.0696. The lowest BCUT2D eigenvalue weighted by molar-refractivity contribution is 0.318. The zero-order valence-electron chi connectivity index (χ0n) is 10.9. The smallest absolute Gasteiger partial charge is 0.170 e. The van der Waals surface area contributed by atoms with Gasteiger partial charge >= 0.3 is 0 Å². The van der Waals surface area contributed by atoms with Gasteiger partial charge in [0, 0.05) is 23.7 Å². The Morgan fingerprint density at radius 2 is 2.40 bits per heavy atom. The molecule has 0 radical (unpaired) electrons. The van der Waals surface area contributed by atoms with E-state index in [-0.39, 0.29) is 11.9 Å². The zero-order valence-corrected chi connectivity index (χ0v) is 11.7. The molecule has 1 unspecified atom stereocenters. The van der Waals surface area contributed by atoms with Gasteiger partial charge in [-0.2, -0.15) is 0 Å². The topological polar surface area (TPSA) is 83.5 Å². The van der Waals surface area contributed by atoms with Crippen LogP contribution >= 0.6 is 11.3 Å². The van der Waals surface area contributed by atoms with Gasteiger partial charge in [0.25, 0.3) is 0 Å². The van der Waals surface area contributed by atoms with Crippen LogP contribution < -0.4 is 11.1 Å². The summed E-state index contributed by atoms with van der Waals surface area (Å²) >= 11 is 1.56. The molecule has 1 atom stereocenters. The Kier molecular flexibility index (Phi) is 4.65. The van der Waals surface area contributed by atoms with Crippen molar-refractivity contribution in [1.29, 1.82) is 0 Å². The van der Waals surface area contributed by atoms with E-state index in [0.29, 0.717) is 12.1 Å². The van der Waals surface area contributed by atoms with Gasteiger partial charge in [0.15, 0.2) is 5.84 Å². The number of amidine groups is 1. The molecule has 4 N–H and O–H groups in total. The molecule has 0 aliphatic rings. The Morgan fingerprint density at radius 1 is 1.60 bits per heavy atom. The summed E-state index contributed by atoms with van der Waals surface area (Å²) in [5.41, 5.74) is 6.70. The molecule has 1 heterocycles. The van der Waals surface area contributed by atoms with E-state index in [1.165, 1.54) is 12.1 Å². The van der Waals surface area contributed by atoms with Crippen molar-refractivity contribution in [1.82, 2.24) is 10.3 Å². The summed E-state index contributed by atoms with van der Waals surface area (Å²) in [5.74, 6) is -0.536. The molecule has 0 spiro atoms. The third kappa shape index (κ3) is 3.31. The van der Waals surface area contributed by atoms with E-state index in [1.54, 1.807) is 23.6 Å². The van der Waals surface area contributed by atoms with Crippen molar-refractivity contribution < 1.29 is 9.60 Å². The first-order chi connectivity index (χ1) is 9.61. The average molecular weight is 294 g/mol. The molecule has 2 aromatic rings. The number of halogens is 1. The molecule has 106 valence electrons. The van der Waals surface area contributed by atoms with Crippen LogP contribution in [0.25, 0.3) is 0 Å². The molecule has 0 bridgehead atoms. The van der Waals surface area contributed by atoms with Crippen molar-refractivity contribution >= 4 is 17.2 Å². The predicted molar refractivity (Wildman–Crippen MR) is 76.3 cm³/mol. The summed E-state index contributed by atoms with van der Waals surface area (Å²) < 4.78 is 13.2. The van der Waals surface area contributed by atoms with E-state index in [4.69, 9.17) is 10.9 Å². The zero-order chi connectivity index (χ0) is 14.5. The number of aromatic nitrogens is 1. The Hall–Kier alpha value is -1.99. The summed E-state index contributed by atoms with van der Waals surface area (Å²) in [6.45, 7) is 2.46. The number of oxime groups is 1. The molecule has 0 saturated heterocycles. The fourth-order valence-corrected chi connectivity index (χ4v) is 2.46. The molecule has 0 saturated carbocycles. The van der Waals surface area contributed by atoms with E-state index < -0.39 is 5.82 Å². The number of rotatable bonds is 5. The van der Waals surface area contributed by atoms with Gasteiger partial charge in [-0.3, -0.25) is 0 Å². The highest BCUT2D eigenvalue weighted by Gasteiger charge is 2.11. The Morgan fingerprint density at radius 3 is 3.05 bits per heavy atom. The summed E-state index contributed by atoms with van der Waals surface area (Å²) in [5, 5.41) is 17.8. The van der Waals surface area contributed by atoms with Gasteiger partial charge in [0.1, 0.15) is 10.8 Å². The summed E-state index contributed by atoms with van der Waals surface area (Å²) in [6, 6.07) is 4.28. The van der Waals surface area contributed by atoms with Crippen LogP contribution in [-0.4, -0.2) is 16.0 Å². The van der Waals surface area contributed by atoms with Gasteiger partial charge in [-0.05, 0) is 24.6 Å². The quantitative estimate of drug-likeness (QED) is 0.342. The third-order valence-corrected chi connectivity index (χ3v) is 3.83. The second kappa shape index (κ2) is 6.44. The fourth-order valence-electron chi connectivity index (χ4n) is 1.79. The van der Waals surface area contributed by atoms with Crippen molar-refractivity contribution in [3.05, 3.63) is 51.7 Å². The van der Waals surface area contributed by atoms with Crippen LogP contribution in [0.2, 0.25) is 0 Å². The van der Waals surface area contributed by atoms with Gasteiger partial charge < -0.3 is 16.3 Å². The highest BCUT2D eigenvalue weighted by Crippen LogP contribution is 2.17. The number of thiazole rings is 1. The van der Waals surface area contributed by atoms with E-state index in [2.05, 4.69) is 15.5 Å². The standard InChI is InChI=1S/C13H15FN4OS/c1-8(13-16-4-5-20-13)17-7-9-2-3-10(14)6-11(9)12(15)18-19/h2-6,8,17,19H,7H2,1H3,(H2,15,18). The van der Waals surface area contributed by atoms with Crippen molar-refractivity contribution in [2.45, 2.75) is 19.5 Å². The molecule has 7 heteroatoms. The lowest BCUT2D eigenvalue weighted by atomic mass is 10.1. The monoisotopic (exact) mass is 294 g/mol. The van der Waals surface area contributed by atoms with Crippen LogP contribution in [0.4, 0.5) is 4.39 Å². The second-order valence-electron chi connectivity index (χ2n) is 4.26. The second-order valence-corrected chi connectivity index (χ2v) is 5.19. The van der Waals surface area contributed by atoms with Gasteiger partial charge in [-0.1, -0.05) is 11.2 Å². The van der Waals surface area contributed by atoms with Crippen LogP contribution in [-0.2, 0) is 6.54 Å². The van der Waals surface area contributed by atoms with Gasteiger partial charge in [-0.15, -0.1) is 11.3 Å². The van der Waals surface area contributed by atoms with Crippen LogP contribution in [0.5, 0.6) is 0 Å². The largest absolute Gasteiger partial charge is 0.409 e. The Bertz CT molecular complexity index is 600. The van der Waals surface area contributed by atoms with Crippen molar-refractivity contribution in [3.63, 3.8) is 0 Å². The molecule has 0 fully saturated rings. The fraction of sp³-hybridized carbons (Fsp3) is 0.231. The van der Waals surface area contributed by atoms with Gasteiger partial charge in [-0.25, -0.2) is 9.37 Å². The molecule has 0 aliphatic heterocycles. The summed E-state index contributed by atoms with van der Waals surface area (Å²) in [7, 11) is 0. The lowest BCUT2D eigenvalue weighted by Crippen LogP contribution is -2.22. The minimum Gasteiger partial charge on any atom is -0.409 e. The number of hydrogen-bond donors (Lipinski definition) is 3. The van der Waals surface area contributed by atoms with Crippen LogP contribution in [0.1, 0.15) is 29.1 Å². The SMILES string of the molecule is CC(NCc1ccc(F)cc1C(N)=NO)c1nccs1. The Balaban J connectivity index is 2.13. The molecule has 5 nitrogen and oxygen atoms in total. The number of hydrogen-bond acceptors (Lipinski definition) is 5. The van der Waals surface area contributed by atoms with Crippen molar-refractivity contribution in [3.8, 4) is 0 Å². The third-order valence-electron chi connectivity index (χ3n) is 2.88. The predicted octanol–water partition coefficient (Wildman–Crippen LogP) is 2.23. The molecule has 0 aliphatic carbocycles. The molecular weight excluding hydrogens is 279 g/mol. The summed E-state index contributed by atoms with van der Waals surface area (Å²) in [4.78, 5) is 4.22. The maximum Gasteiger partial charge on any atom is 0.170 e. The number of nitrogens with zero attached hydrogens (tertiary/aromatic N) is 2. The minimum atomic E-state index is -0.427. The van der Waals surface area contributed by atoms with E-state index in [9.17, 15) is 4.39 Å². The van der Waals surface area contributed by atoms with Crippen molar-refractivity contribution in [2.75, 3.05) is 0 Å². The lowest BCUT2D eigenvalue weighted by Gasteiger charge is -2.13. The van der Waals surface area contributed by atoms with Crippen LogP contribution in [0.15, 0.2) is 34.9 Å². The van der Waals surface area contributed by atoms with E-state index >= 15 is 0 Å². The number of nitrogens with two attached hydrogens (primary N) is 1. The molecule has 0 amide bonds. The molecule has 20 heavy (non-hydrogen) atoms. The highest BCUT2D eigenvalue weighted by molar-refractivity contribution is 7.09. The first-order valence-corrected chi connectivity index (χ1v) is 6.89. The number of benzene rings is 1. The maximum atomic E-state index is 13.2. The van der Waals surface area contributed by atoms with Crippen molar-refractivity contribution in [2.24, 2.45) is 10.9 Å².